The van der Waals surface area contributed by atoms with E-state index in [1.165, 1.54) is 21.9 Å². The van der Waals surface area contributed by atoms with Crippen LogP contribution in [-0.4, -0.2) is 11.5 Å². The molecule has 0 saturated carbocycles. The lowest BCUT2D eigenvalue weighted by atomic mass is 9.97. The Hall–Kier alpha value is -1.71. The van der Waals surface area contributed by atoms with Gasteiger partial charge in [-0.2, -0.15) is 11.3 Å². The standard InChI is InChI=1S/C17H18N2S/c1-2-19-17(9-13-7-8-20-12-13)16-11-18-10-14-5-3-4-6-15(14)16/h3-8,10-12,17,19H,2,9H2,1H3. The van der Waals surface area contributed by atoms with Gasteiger partial charge in [-0.05, 0) is 46.3 Å². The number of benzene rings is 1. The Morgan fingerprint density at radius 2 is 2.10 bits per heavy atom. The van der Waals surface area contributed by atoms with Crippen LogP contribution in [0.25, 0.3) is 10.8 Å². The number of likely N-dealkylation sites (N-methyl/N-ethyl adjacent to an activating group) is 1. The minimum absolute atomic E-state index is 0.313. The molecule has 3 heteroatoms. The number of hydrogen-bond acceptors (Lipinski definition) is 3. The molecule has 0 aliphatic rings. The second-order valence-electron chi connectivity index (χ2n) is 4.90. The van der Waals surface area contributed by atoms with Gasteiger partial charge < -0.3 is 5.32 Å². The molecule has 0 radical (unpaired) electrons. The highest BCUT2D eigenvalue weighted by Crippen LogP contribution is 2.26. The van der Waals surface area contributed by atoms with Crippen LogP contribution in [0, 0.1) is 0 Å². The fourth-order valence-electron chi connectivity index (χ4n) is 2.60. The quantitative estimate of drug-likeness (QED) is 0.759. The van der Waals surface area contributed by atoms with Gasteiger partial charge in [-0.15, -0.1) is 0 Å². The predicted molar refractivity (Wildman–Crippen MR) is 86.2 cm³/mol. The largest absolute Gasteiger partial charge is 0.310 e. The van der Waals surface area contributed by atoms with Crippen molar-refractivity contribution in [2.24, 2.45) is 0 Å². The van der Waals surface area contributed by atoms with Crippen LogP contribution < -0.4 is 5.32 Å². The maximum Gasteiger partial charge on any atom is 0.0382 e. The van der Waals surface area contributed by atoms with Gasteiger partial charge in [0, 0.05) is 23.8 Å². The number of hydrogen-bond donors (Lipinski definition) is 1. The van der Waals surface area contributed by atoms with E-state index in [9.17, 15) is 0 Å². The topological polar surface area (TPSA) is 24.9 Å². The van der Waals surface area contributed by atoms with E-state index in [1.54, 1.807) is 11.3 Å². The average molecular weight is 282 g/mol. The molecule has 0 aliphatic heterocycles. The van der Waals surface area contributed by atoms with E-state index < -0.39 is 0 Å². The van der Waals surface area contributed by atoms with Crippen molar-refractivity contribution in [3.05, 3.63) is 64.6 Å². The van der Waals surface area contributed by atoms with Crippen molar-refractivity contribution in [2.75, 3.05) is 6.54 Å². The smallest absolute Gasteiger partial charge is 0.0382 e. The lowest BCUT2D eigenvalue weighted by Crippen LogP contribution is -2.23. The van der Waals surface area contributed by atoms with Crippen LogP contribution in [0.15, 0.2) is 53.5 Å². The minimum Gasteiger partial charge on any atom is -0.310 e. The lowest BCUT2D eigenvalue weighted by molar-refractivity contribution is 0.552. The normalized spacial score (nSPS) is 12.7. The summed E-state index contributed by atoms with van der Waals surface area (Å²) in [5, 5.41) is 10.5. The van der Waals surface area contributed by atoms with E-state index in [-0.39, 0.29) is 0 Å². The fraction of sp³-hybridized carbons (Fsp3) is 0.235. The average Bonchev–Trinajstić information content (AvgIpc) is 2.99. The van der Waals surface area contributed by atoms with Gasteiger partial charge in [-0.25, -0.2) is 0 Å². The molecule has 1 atom stereocenters. The van der Waals surface area contributed by atoms with Crippen LogP contribution in [0.2, 0.25) is 0 Å². The van der Waals surface area contributed by atoms with Crippen molar-refractivity contribution in [3.8, 4) is 0 Å². The number of pyridine rings is 1. The van der Waals surface area contributed by atoms with Gasteiger partial charge in [-0.1, -0.05) is 31.2 Å². The molecule has 2 heterocycles. The Balaban J connectivity index is 2.00. The van der Waals surface area contributed by atoms with Crippen LogP contribution >= 0.6 is 11.3 Å². The highest BCUT2D eigenvalue weighted by atomic mass is 32.1. The zero-order chi connectivity index (χ0) is 13.8. The van der Waals surface area contributed by atoms with Gasteiger partial charge >= 0.3 is 0 Å². The fourth-order valence-corrected chi connectivity index (χ4v) is 3.28. The Kier molecular flexibility index (Phi) is 4.09. The highest BCUT2D eigenvalue weighted by Gasteiger charge is 2.14. The Labute approximate surface area is 123 Å². The minimum atomic E-state index is 0.313. The zero-order valence-corrected chi connectivity index (χ0v) is 12.4. The summed E-state index contributed by atoms with van der Waals surface area (Å²) < 4.78 is 0. The Bertz CT molecular complexity index is 671. The van der Waals surface area contributed by atoms with Gasteiger partial charge in [-0.3, -0.25) is 4.98 Å². The summed E-state index contributed by atoms with van der Waals surface area (Å²) in [6.45, 7) is 3.11. The van der Waals surface area contributed by atoms with Crippen LogP contribution in [0.3, 0.4) is 0 Å². The molecule has 0 amide bonds. The number of nitrogens with one attached hydrogen (secondary N) is 1. The van der Waals surface area contributed by atoms with Crippen molar-refractivity contribution < 1.29 is 0 Å². The number of aromatic nitrogens is 1. The molecular weight excluding hydrogens is 264 g/mol. The van der Waals surface area contributed by atoms with Gasteiger partial charge in [0.05, 0.1) is 0 Å². The van der Waals surface area contributed by atoms with E-state index in [0.29, 0.717) is 6.04 Å². The van der Waals surface area contributed by atoms with E-state index >= 15 is 0 Å². The summed E-state index contributed by atoms with van der Waals surface area (Å²) in [7, 11) is 0. The molecule has 1 N–H and O–H groups in total. The SMILES string of the molecule is CCNC(Cc1ccsc1)c1cncc2ccccc12. The first-order valence-electron chi connectivity index (χ1n) is 6.95. The molecule has 1 unspecified atom stereocenters. The van der Waals surface area contributed by atoms with Crippen molar-refractivity contribution in [3.63, 3.8) is 0 Å². The lowest BCUT2D eigenvalue weighted by Gasteiger charge is -2.19. The third kappa shape index (κ3) is 2.74. The van der Waals surface area contributed by atoms with E-state index in [2.05, 4.69) is 58.3 Å². The second-order valence-corrected chi connectivity index (χ2v) is 5.68. The molecule has 0 spiro atoms. The molecule has 0 saturated heterocycles. The zero-order valence-electron chi connectivity index (χ0n) is 11.5. The number of rotatable bonds is 5. The molecule has 102 valence electrons. The molecule has 20 heavy (non-hydrogen) atoms. The maximum atomic E-state index is 4.41. The molecule has 3 aromatic rings. The van der Waals surface area contributed by atoms with Gasteiger partial charge in [0.2, 0.25) is 0 Å². The van der Waals surface area contributed by atoms with E-state index in [0.717, 1.165) is 13.0 Å². The molecule has 0 bridgehead atoms. The first-order chi connectivity index (χ1) is 9.88. The molecule has 0 fully saturated rings. The molecule has 3 rings (SSSR count). The first kappa shape index (κ1) is 13.3. The summed E-state index contributed by atoms with van der Waals surface area (Å²) >= 11 is 1.76. The summed E-state index contributed by atoms with van der Waals surface area (Å²) in [6, 6.07) is 11.0. The number of thiophene rings is 1. The monoisotopic (exact) mass is 282 g/mol. The van der Waals surface area contributed by atoms with Crippen LogP contribution in [-0.2, 0) is 6.42 Å². The third-order valence-electron chi connectivity index (χ3n) is 3.54. The van der Waals surface area contributed by atoms with Gasteiger partial charge in [0.15, 0.2) is 0 Å². The van der Waals surface area contributed by atoms with Crippen LogP contribution in [0.1, 0.15) is 24.1 Å². The summed E-state index contributed by atoms with van der Waals surface area (Å²) in [5.41, 5.74) is 2.67. The first-order valence-corrected chi connectivity index (χ1v) is 7.90. The maximum absolute atomic E-state index is 4.41. The van der Waals surface area contributed by atoms with Crippen molar-refractivity contribution in [2.45, 2.75) is 19.4 Å². The van der Waals surface area contributed by atoms with Crippen LogP contribution in [0.4, 0.5) is 0 Å². The second kappa shape index (κ2) is 6.16. The van der Waals surface area contributed by atoms with Gasteiger partial charge in [0.1, 0.15) is 0 Å². The Morgan fingerprint density at radius 1 is 1.20 bits per heavy atom. The molecule has 2 aromatic heterocycles. The summed E-state index contributed by atoms with van der Waals surface area (Å²) in [6.07, 6.45) is 4.95. The van der Waals surface area contributed by atoms with Crippen LogP contribution in [0.5, 0.6) is 0 Å². The predicted octanol–water partition coefficient (Wildman–Crippen LogP) is 4.19. The van der Waals surface area contributed by atoms with Crippen molar-refractivity contribution in [1.29, 1.82) is 0 Å². The van der Waals surface area contributed by atoms with E-state index in [4.69, 9.17) is 0 Å². The molecule has 0 aliphatic carbocycles. The summed E-state index contributed by atoms with van der Waals surface area (Å²) in [4.78, 5) is 4.41. The molecule has 1 aromatic carbocycles. The number of fused-ring (bicyclic) bond motifs is 1. The summed E-state index contributed by atoms with van der Waals surface area (Å²) in [5.74, 6) is 0. The Morgan fingerprint density at radius 3 is 2.90 bits per heavy atom. The van der Waals surface area contributed by atoms with Crippen molar-refractivity contribution >= 4 is 22.1 Å². The molecular formula is C17H18N2S. The van der Waals surface area contributed by atoms with E-state index in [1.807, 2.05) is 12.4 Å². The molecule has 2 nitrogen and oxygen atoms in total. The third-order valence-corrected chi connectivity index (χ3v) is 4.28. The van der Waals surface area contributed by atoms with Gasteiger partial charge in [0.25, 0.3) is 0 Å². The number of nitrogens with zero attached hydrogens (tertiary/aromatic N) is 1. The van der Waals surface area contributed by atoms with Crippen molar-refractivity contribution in [1.82, 2.24) is 10.3 Å². The highest BCUT2D eigenvalue weighted by molar-refractivity contribution is 7.07.